The summed E-state index contributed by atoms with van der Waals surface area (Å²) >= 11 is 11.6. The lowest BCUT2D eigenvalue weighted by Crippen LogP contribution is -2.39. The largest absolute Gasteiger partial charge is 0.339 e. The van der Waals surface area contributed by atoms with Crippen molar-refractivity contribution in [3.8, 4) is 0 Å². The molecule has 6 heteroatoms. The molecule has 0 saturated carbocycles. The lowest BCUT2D eigenvalue weighted by atomic mass is 10.5. The third-order valence-electron chi connectivity index (χ3n) is 0.947. The number of hydrogen-bond donors (Lipinski definition) is 1. The van der Waals surface area contributed by atoms with Crippen LogP contribution in [0, 0.1) is 0 Å². The summed E-state index contributed by atoms with van der Waals surface area (Å²) in [5.74, 6) is 0. The summed E-state index contributed by atoms with van der Waals surface area (Å²) in [7, 11) is -2.27. The first kappa shape index (κ1) is 14.1. The predicted molar refractivity (Wildman–Crippen MR) is 65.1 cm³/mol. The number of alkyl halides is 2. The van der Waals surface area contributed by atoms with Crippen molar-refractivity contribution >= 4 is 39.7 Å². The molecule has 13 heavy (non-hydrogen) atoms. The number of nitrogens with one attached hydrogen (secondary N) is 1. The lowest BCUT2D eigenvalue weighted by Gasteiger charge is -2.28. The first-order valence-corrected chi connectivity index (χ1v) is 9.94. The van der Waals surface area contributed by atoms with E-state index in [1.807, 2.05) is 13.8 Å². The third-order valence-corrected chi connectivity index (χ3v) is 6.58. The van der Waals surface area contributed by atoms with Crippen LogP contribution in [0.15, 0.2) is 0 Å². The molecule has 0 amide bonds. The van der Waals surface area contributed by atoms with Crippen molar-refractivity contribution in [1.29, 1.82) is 0 Å². The van der Waals surface area contributed by atoms with Crippen LogP contribution in [0.5, 0.6) is 0 Å². The zero-order valence-electron chi connectivity index (χ0n) is 8.77. The maximum Gasteiger partial charge on any atom is 0.164 e. The Bertz CT molecular complexity index is 152. The summed E-state index contributed by atoms with van der Waals surface area (Å²) in [5.41, 5.74) is 0. The van der Waals surface area contributed by atoms with Crippen molar-refractivity contribution < 1.29 is 4.52 Å². The molecule has 0 radical (unpaired) electrons. The van der Waals surface area contributed by atoms with Gasteiger partial charge in [-0.3, -0.25) is 4.75 Å². The van der Waals surface area contributed by atoms with Gasteiger partial charge in [0.1, 0.15) is 16.5 Å². The van der Waals surface area contributed by atoms with Crippen molar-refractivity contribution in [3.05, 3.63) is 0 Å². The lowest BCUT2D eigenvalue weighted by molar-refractivity contribution is 0.269. The molecule has 0 saturated heterocycles. The summed E-state index contributed by atoms with van der Waals surface area (Å²) in [4.78, 5) is 0. The van der Waals surface area contributed by atoms with Crippen molar-refractivity contribution in [1.82, 2.24) is 4.75 Å². The smallest absolute Gasteiger partial charge is 0.164 e. The quantitative estimate of drug-likeness (QED) is 0.461. The van der Waals surface area contributed by atoms with Gasteiger partial charge < -0.3 is 4.52 Å². The second kappa shape index (κ2) is 5.89. The molecule has 0 spiro atoms. The van der Waals surface area contributed by atoms with Crippen LogP contribution in [-0.4, -0.2) is 18.9 Å². The summed E-state index contributed by atoms with van der Waals surface area (Å²) in [6.45, 7) is 10.6. The Hall–Kier alpha value is 1.15. The van der Waals surface area contributed by atoms with Gasteiger partial charge in [-0.1, -0.05) is 42.8 Å². The van der Waals surface area contributed by atoms with Gasteiger partial charge >= 0.3 is 0 Å². The minimum atomic E-state index is -1.36. The van der Waals surface area contributed by atoms with Crippen LogP contribution in [0.4, 0.5) is 0 Å². The minimum Gasteiger partial charge on any atom is -0.339 e. The first-order chi connectivity index (χ1) is 5.72. The van der Waals surface area contributed by atoms with E-state index in [-0.39, 0.29) is 6.10 Å². The molecule has 0 aliphatic rings. The molecule has 0 aliphatic heterocycles. The van der Waals surface area contributed by atoms with Crippen LogP contribution in [0.3, 0.4) is 0 Å². The van der Waals surface area contributed by atoms with Crippen LogP contribution >= 0.6 is 31.5 Å². The van der Waals surface area contributed by atoms with Gasteiger partial charge in [-0.15, -0.1) is 0 Å². The average Bonchev–Trinajstić information content (AvgIpc) is 1.81. The van der Waals surface area contributed by atoms with E-state index >= 15 is 0 Å². The summed E-state index contributed by atoms with van der Waals surface area (Å²) in [6, 6.07) is 0. The van der Waals surface area contributed by atoms with Gasteiger partial charge in [0.2, 0.25) is 0 Å². The number of rotatable bonds is 5. The third kappa shape index (κ3) is 8.16. The molecule has 0 rings (SSSR count). The van der Waals surface area contributed by atoms with Crippen molar-refractivity contribution in [2.45, 2.75) is 44.2 Å². The van der Waals surface area contributed by atoms with E-state index in [9.17, 15) is 0 Å². The Morgan fingerprint density at radius 1 is 1.23 bits per heavy atom. The Kier molecular flexibility index (Phi) is 6.41. The Morgan fingerprint density at radius 2 is 1.69 bits per heavy atom. The monoisotopic (exact) mass is 261 g/mol. The molecule has 1 N–H and O–H groups in total. The van der Waals surface area contributed by atoms with E-state index in [4.69, 9.17) is 27.7 Å². The normalized spacial score (nSPS) is 15.5. The molecule has 0 aromatic rings. The zero-order chi connectivity index (χ0) is 10.6. The highest BCUT2D eigenvalue weighted by atomic mass is 35.5. The van der Waals surface area contributed by atoms with E-state index in [1.54, 1.807) is 0 Å². The minimum absolute atomic E-state index is 0.162. The maximum absolute atomic E-state index is 5.82. The van der Waals surface area contributed by atoms with Crippen molar-refractivity contribution in [3.63, 3.8) is 0 Å². The van der Waals surface area contributed by atoms with Crippen LogP contribution in [0.1, 0.15) is 13.8 Å². The van der Waals surface area contributed by atoms with E-state index < -0.39 is 21.1 Å². The Balaban J connectivity index is 4.11. The van der Waals surface area contributed by atoms with Crippen LogP contribution in [-0.2, 0) is 4.52 Å². The molecule has 0 heterocycles. The zero-order valence-corrected chi connectivity index (χ0v) is 12.2. The fraction of sp³-hybridized carbons (Fsp3) is 1.00. The van der Waals surface area contributed by atoms with Crippen LogP contribution in [0.2, 0.25) is 19.6 Å². The van der Waals surface area contributed by atoms with Crippen molar-refractivity contribution in [2.75, 3.05) is 0 Å². The Labute approximate surface area is 93.3 Å². The fourth-order valence-corrected chi connectivity index (χ4v) is 5.63. The van der Waals surface area contributed by atoms with E-state index in [0.29, 0.717) is 0 Å². The van der Waals surface area contributed by atoms with E-state index in [2.05, 4.69) is 24.4 Å². The molecule has 1 atom stereocenters. The molecule has 0 aromatic carbocycles. The molecular weight excluding hydrogens is 244 g/mol. The topological polar surface area (TPSA) is 21.3 Å². The van der Waals surface area contributed by atoms with Gasteiger partial charge in [-0.2, -0.15) is 0 Å². The SMILES string of the molecule is CC(C)OP(N[Si](C)(C)C)C(Cl)Cl. The molecule has 0 fully saturated rings. The van der Waals surface area contributed by atoms with Crippen LogP contribution < -0.4 is 4.75 Å². The molecule has 0 aromatic heterocycles. The molecule has 1 unspecified atom stereocenters. The average molecular weight is 262 g/mol. The molecular formula is C7H18Cl2NOPSi. The summed E-state index contributed by atoms with van der Waals surface area (Å²) in [5, 5.41) is 0. The van der Waals surface area contributed by atoms with Crippen molar-refractivity contribution in [2.24, 2.45) is 0 Å². The maximum atomic E-state index is 5.82. The van der Waals surface area contributed by atoms with Gasteiger partial charge in [-0.25, -0.2) is 0 Å². The van der Waals surface area contributed by atoms with E-state index in [0.717, 1.165) is 0 Å². The van der Waals surface area contributed by atoms with Gasteiger partial charge in [0.15, 0.2) is 4.58 Å². The second-order valence-corrected chi connectivity index (χ2v) is 12.6. The Morgan fingerprint density at radius 3 is 1.92 bits per heavy atom. The number of hydrogen-bond acceptors (Lipinski definition) is 2. The second-order valence-electron chi connectivity index (χ2n) is 4.12. The first-order valence-electron chi connectivity index (χ1n) is 4.24. The van der Waals surface area contributed by atoms with Crippen LogP contribution in [0.25, 0.3) is 0 Å². The highest BCUT2D eigenvalue weighted by Crippen LogP contribution is 2.45. The summed E-state index contributed by atoms with van der Waals surface area (Å²) in [6.07, 6.45) is 0.162. The van der Waals surface area contributed by atoms with E-state index in [1.165, 1.54) is 0 Å². The van der Waals surface area contributed by atoms with Gasteiger partial charge in [0, 0.05) is 0 Å². The highest BCUT2D eigenvalue weighted by Gasteiger charge is 2.25. The summed E-state index contributed by atoms with van der Waals surface area (Å²) < 4.78 is 8.56. The highest BCUT2D eigenvalue weighted by molar-refractivity contribution is 7.57. The number of halogens is 2. The van der Waals surface area contributed by atoms with Gasteiger partial charge in [0.25, 0.3) is 0 Å². The fourth-order valence-electron chi connectivity index (χ4n) is 0.679. The van der Waals surface area contributed by atoms with Gasteiger partial charge in [0.05, 0.1) is 6.10 Å². The predicted octanol–water partition coefficient (Wildman–Crippen LogP) is 3.91. The molecule has 0 bridgehead atoms. The van der Waals surface area contributed by atoms with Gasteiger partial charge in [-0.05, 0) is 13.8 Å². The molecule has 2 nitrogen and oxygen atoms in total. The standard InChI is InChI=1S/C7H18Cl2NOPSi/c1-6(2)11-12(7(8)9)10-13(3,4)5/h6-7,10H,1-5H3. The molecule has 80 valence electrons. The molecule has 0 aliphatic carbocycles.